The Kier molecular flexibility index (Phi) is 1.82. The molecule has 0 saturated carbocycles. The van der Waals surface area contributed by atoms with Crippen molar-refractivity contribution in [1.82, 2.24) is 10.3 Å². The Morgan fingerprint density at radius 1 is 1.50 bits per heavy atom. The first kappa shape index (κ1) is 8.38. The van der Waals surface area contributed by atoms with E-state index in [4.69, 9.17) is 4.74 Å². The van der Waals surface area contributed by atoms with Crippen LogP contribution >= 0.6 is 0 Å². The molecule has 74 valence electrons. The van der Waals surface area contributed by atoms with Crippen LogP contribution in [0.4, 0.5) is 0 Å². The number of pyridine rings is 1. The van der Waals surface area contributed by atoms with Gasteiger partial charge in [0, 0.05) is 12.7 Å². The average Bonchev–Trinajstić information content (AvgIpc) is 2.22. The number of hydrogen-bond donors (Lipinski definition) is 1. The van der Waals surface area contributed by atoms with E-state index in [0.717, 1.165) is 26.1 Å². The first-order valence-corrected chi connectivity index (χ1v) is 5.16. The second-order valence-corrected chi connectivity index (χ2v) is 4.12. The van der Waals surface area contributed by atoms with Crippen LogP contribution in [0.5, 0.6) is 0 Å². The standard InChI is InChI=1S/C11H14N2O/c1-2-5-13-9(3-1)11-4-6-12-7-10(11)14-8-11/h1-3,5,10,12H,4,6-8H2/t10-,11+/m1/s1. The van der Waals surface area contributed by atoms with E-state index in [-0.39, 0.29) is 5.41 Å². The minimum Gasteiger partial charge on any atom is -0.375 e. The smallest absolute Gasteiger partial charge is 0.0834 e. The first-order valence-electron chi connectivity index (χ1n) is 5.16. The Balaban J connectivity index is 1.96. The van der Waals surface area contributed by atoms with Gasteiger partial charge >= 0.3 is 0 Å². The van der Waals surface area contributed by atoms with Gasteiger partial charge in [0.15, 0.2) is 0 Å². The van der Waals surface area contributed by atoms with Crippen molar-refractivity contribution in [1.29, 1.82) is 0 Å². The van der Waals surface area contributed by atoms with Crippen LogP contribution in [0.1, 0.15) is 12.1 Å². The maximum atomic E-state index is 5.59. The molecule has 3 nitrogen and oxygen atoms in total. The van der Waals surface area contributed by atoms with Gasteiger partial charge in [0.25, 0.3) is 0 Å². The highest BCUT2D eigenvalue weighted by Crippen LogP contribution is 2.41. The maximum Gasteiger partial charge on any atom is 0.0834 e. The Morgan fingerprint density at radius 3 is 3.14 bits per heavy atom. The van der Waals surface area contributed by atoms with E-state index >= 15 is 0 Å². The van der Waals surface area contributed by atoms with Gasteiger partial charge in [-0.1, -0.05) is 6.07 Å². The van der Waals surface area contributed by atoms with Gasteiger partial charge in [-0.15, -0.1) is 0 Å². The number of rotatable bonds is 1. The van der Waals surface area contributed by atoms with Crippen molar-refractivity contribution < 1.29 is 4.74 Å². The molecule has 0 radical (unpaired) electrons. The highest BCUT2D eigenvalue weighted by Gasteiger charge is 2.51. The third-order valence-electron chi connectivity index (χ3n) is 3.41. The predicted molar refractivity (Wildman–Crippen MR) is 53.1 cm³/mol. The lowest BCUT2D eigenvalue weighted by molar-refractivity contribution is -0.152. The molecule has 1 N–H and O–H groups in total. The monoisotopic (exact) mass is 190 g/mol. The highest BCUT2D eigenvalue weighted by atomic mass is 16.5. The average molecular weight is 190 g/mol. The normalized spacial score (nSPS) is 35.9. The molecular formula is C11H14N2O. The third-order valence-corrected chi connectivity index (χ3v) is 3.41. The predicted octanol–water partition coefficient (Wildman–Crippen LogP) is 0.711. The van der Waals surface area contributed by atoms with Gasteiger partial charge in [-0.25, -0.2) is 0 Å². The molecule has 3 heterocycles. The molecule has 3 rings (SSSR count). The number of ether oxygens (including phenoxy) is 1. The van der Waals surface area contributed by atoms with Gasteiger partial charge in [-0.2, -0.15) is 0 Å². The molecule has 0 unspecified atom stereocenters. The van der Waals surface area contributed by atoms with Gasteiger partial charge < -0.3 is 10.1 Å². The number of fused-ring (bicyclic) bond motifs is 1. The van der Waals surface area contributed by atoms with Crippen LogP contribution in [0.2, 0.25) is 0 Å². The molecule has 0 bridgehead atoms. The SMILES string of the molecule is c1ccc([C@@]23CCNC[C@H]2OC3)nc1. The summed E-state index contributed by atoms with van der Waals surface area (Å²) in [7, 11) is 0. The lowest BCUT2D eigenvalue weighted by Crippen LogP contribution is -2.63. The molecule has 1 aromatic rings. The van der Waals surface area contributed by atoms with Gasteiger partial charge in [0.05, 0.1) is 23.8 Å². The summed E-state index contributed by atoms with van der Waals surface area (Å²) in [6.45, 7) is 2.89. The first-order chi connectivity index (χ1) is 6.92. The second kappa shape index (κ2) is 3.04. The number of nitrogens with one attached hydrogen (secondary N) is 1. The van der Waals surface area contributed by atoms with E-state index in [0.29, 0.717) is 6.10 Å². The van der Waals surface area contributed by atoms with Gasteiger partial charge in [-0.05, 0) is 25.1 Å². The Bertz CT molecular complexity index is 327. The van der Waals surface area contributed by atoms with Crippen LogP contribution in [0.25, 0.3) is 0 Å². The summed E-state index contributed by atoms with van der Waals surface area (Å²) in [6, 6.07) is 6.16. The van der Waals surface area contributed by atoms with Crippen molar-refractivity contribution >= 4 is 0 Å². The number of nitrogens with zero attached hydrogens (tertiary/aromatic N) is 1. The summed E-state index contributed by atoms with van der Waals surface area (Å²) in [5, 5.41) is 3.36. The third kappa shape index (κ3) is 1.03. The molecule has 2 aliphatic rings. The quantitative estimate of drug-likeness (QED) is 0.708. The van der Waals surface area contributed by atoms with E-state index < -0.39 is 0 Å². The molecule has 2 atom stereocenters. The summed E-state index contributed by atoms with van der Waals surface area (Å²) in [6.07, 6.45) is 3.36. The number of aromatic nitrogens is 1. The molecule has 2 fully saturated rings. The van der Waals surface area contributed by atoms with Crippen LogP contribution in [0, 0.1) is 0 Å². The minimum absolute atomic E-state index is 0.215. The molecular weight excluding hydrogens is 176 g/mol. The number of piperidine rings is 1. The molecule has 1 aromatic heterocycles. The zero-order chi connectivity index (χ0) is 9.43. The Morgan fingerprint density at radius 2 is 2.50 bits per heavy atom. The fraction of sp³-hybridized carbons (Fsp3) is 0.545. The van der Waals surface area contributed by atoms with Crippen molar-refractivity contribution in [2.45, 2.75) is 17.9 Å². The highest BCUT2D eigenvalue weighted by molar-refractivity contribution is 5.25. The molecule has 2 saturated heterocycles. The summed E-state index contributed by atoms with van der Waals surface area (Å²) >= 11 is 0. The van der Waals surface area contributed by atoms with Crippen molar-refractivity contribution in [3.8, 4) is 0 Å². The molecule has 14 heavy (non-hydrogen) atoms. The van der Waals surface area contributed by atoms with Crippen molar-refractivity contribution in [2.75, 3.05) is 19.7 Å². The zero-order valence-corrected chi connectivity index (χ0v) is 8.07. The topological polar surface area (TPSA) is 34.1 Å². The van der Waals surface area contributed by atoms with E-state index in [9.17, 15) is 0 Å². The van der Waals surface area contributed by atoms with Crippen LogP contribution in [0.15, 0.2) is 24.4 Å². The molecule has 0 amide bonds. The second-order valence-electron chi connectivity index (χ2n) is 4.12. The summed E-state index contributed by atoms with van der Waals surface area (Å²) in [4.78, 5) is 4.47. The molecule has 3 heteroatoms. The van der Waals surface area contributed by atoms with Crippen LogP contribution in [-0.2, 0) is 10.2 Å². The van der Waals surface area contributed by atoms with Gasteiger partial charge in [0.2, 0.25) is 0 Å². The van der Waals surface area contributed by atoms with Crippen LogP contribution in [0.3, 0.4) is 0 Å². The fourth-order valence-electron chi connectivity index (χ4n) is 2.46. The number of hydrogen-bond acceptors (Lipinski definition) is 3. The lowest BCUT2D eigenvalue weighted by Gasteiger charge is -2.51. The summed E-state index contributed by atoms with van der Waals surface area (Å²) in [5.74, 6) is 0. The lowest BCUT2D eigenvalue weighted by atomic mass is 9.70. The van der Waals surface area contributed by atoms with Crippen molar-refractivity contribution in [3.63, 3.8) is 0 Å². The van der Waals surface area contributed by atoms with Gasteiger partial charge in [-0.3, -0.25) is 4.98 Å². The zero-order valence-electron chi connectivity index (χ0n) is 8.07. The van der Waals surface area contributed by atoms with E-state index in [1.807, 2.05) is 12.3 Å². The van der Waals surface area contributed by atoms with Crippen LogP contribution < -0.4 is 5.32 Å². The Labute approximate surface area is 83.5 Å². The minimum atomic E-state index is 0.215. The largest absolute Gasteiger partial charge is 0.375 e. The van der Waals surface area contributed by atoms with Gasteiger partial charge in [0.1, 0.15) is 0 Å². The maximum absolute atomic E-state index is 5.59. The van der Waals surface area contributed by atoms with Crippen molar-refractivity contribution in [2.24, 2.45) is 0 Å². The van der Waals surface area contributed by atoms with Crippen molar-refractivity contribution in [3.05, 3.63) is 30.1 Å². The molecule has 0 spiro atoms. The molecule has 2 aliphatic heterocycles. The van der Waals surface area contributed by atoms with E-state index in [1.165, 1.54) is 5.69 Å². The summed E-state index contributed by atoms with van der Waals surface area (Å²) < 4.78 is 5.59. The molecule has 0 aliphatic carbocycles. The van der Waals surface area contributed by atoms with E-state index in [2.05, 4.69) is 22.4 Å². The Hall–Kier alpha value is -0.930. The molecule has 0 aromatic carbocycles. The van der Waals surface area contributed by atoms with E-state index in [1.54, 1.807) is 0 Å². The van der Waals surface area contributed by atoms with Crippen LogP contribution in [-0.4, -0.2) is 30.8 Å². The fourth-order valence-corrected chi connectivity index (χ4v) is 2.46. The summed E-state index contributed by atoms with van der Waals surface area (Å²) in [5.41, 5.74) is 1.42.